The molecule has 14 heavy (non-hydrogen) atoms. The lowest BCUT2D eigenvalue weighted by Crippen LogP contribution is -2.61. The molecule has 0 heterocycles. The van der Waals surface area contributed by atoms with E-state index in [-0.39, 0.29) is 12.5 Å². The highest BCUT2D eigenvalue weighted by molar-refractivity contribution is 4.47. The molecule has 0 radical (unpaired) electrons. The Labute approximate surface area is 86.9 Å². The fraction of sp³-hybridized carbons (Fsp3) is 1.00. The highest BCUT2D eigenvalue weighted by Gasteiger charge is 2.04. The van der Waals surface area contributed by atoms with Gasteiger partial charge in [0.25, 0.3) is 0 Å². The number of hydrogen-bond donors (Lipinski definition) is 2. The van der Waals surface area contributed by atoms with Crippen LogP contribution in [0.15, 0.2) is 0 Å². The Balaban J connectivity index is 3.06. The van der Waals surface area contributed by atoms with Crippen molar-refractivity contribution in [1.82, 2.24) is 0 Å². The molecule has 0 aliphatic heterocycles. The zero-order valence-electron chi connectivity index (χ0n) is 9.63. The first-order chi connectivity index (χ1) is 6.70. The van der Waals surface area contributed by atoms with Crippen molar-refractivity contribution in [3.63, 3.8) is 0 Å². The average molecular weight is 206 g/mol. The summed E-state index contributed by atoms with van der Waals surface area (Å²) in [4.78, 5) is 0. The normalized spacial score (nSPS) is 15.4. The van der Waals surface area contributed by atoms with E-state index in [1.165, 1.54) is 25.7 Å². The lowest BCUT2D eigenvalue weighted by atomic mass is 10.1. The van der Waals surface area contributed by atoms with Gasteiger partial charge in [-0.15, -0.1) is 0 Å². The topological polar surface area (TPSA) is 73.7 Å². The number of hydrogen-bond acceptors (Lipinski definition) is 2. The summed E-state index contributed by atoms with van der Waals surface area (Å²) in [6.07, 6.45) is 7.37. The van der Waals surface area contributed by atoms with Crippen LogP contribution in [0.4, 0.5) is 0 Å². The minimum Gasteiger partial charge on any atom is -0.333 e. The smallest absolute Gasteiger partial charge is 0.188 e. The maximum atomic E-state index is 5.07. The van der Waals surface area contributed by atoms with Gasteiger partial charge < -0.3 is 20.9 Å². The van der Waals surface area contributed by atoms with Crippen LogP contribution in [0.2, 0.25) is 0 Å². The molecule has 0 rings (SSSR count). The van der Waals surface area contributed by atoms with Gasteiger partial charge >= 0.3 is 0 Å². The second-order valence-corrected chi connectivity index (χ2v) is 3.71. The van der Waals surface area contributed by atoms with Gasteiger partial charge in [-0.25, -0.2) is 0 Å². The quantitative estimate of drug-likeness (QED) is 0.403. The molecule has 0 saturated heterocycles. The molecule has 2 atom stereocenters. The number of rotatable bonds is 9. The van der Waals surface area contributed by atoms with Crippen molar-refractivity contribution < 1.29 is 20.9 Å². The van der Waals surface area contributed by atoms with E-state index >= 15 is 0 Å². The van der Waals surface area contributed by atoms with Crippen LogP contribution in [-0.4, -0.2) is 26.7 Å². The Morgan fingerprint density at radius 2 is 1.14 bits per heavy atom. The summed E-state index contributed by atoms with van der Waals surface area (Å²) in [7, 11) is 3.42. The maximum absolute atomic E-state index is 5.07. The van der Waals surface area contributed by atoms with Crippen LogP contribution in [0.5, 0.6) is 0 Å². The fourth-order valence-corrected chi connectivity index (χ4v) is 1.33. The van der Waals surface area contributed by atoms with Crippen molar-refractivity contribution in [2.75, 3.05) is 14.2 Å². The Morgan fingerprint density at radius 3 is 1.43 bits per heavy atom. The molecule has 0 bridgehead atoms. The largest absolute Gasteiger partial charge is 0.333 e. The molecule has 0 aromatic heterocycles. The molecule has 0 fully saturated rings. The third-order valence-electron chi connectivity index (χ3n) is 2.47. The Morgan fingerprint density at radius 1 is 0.786 bits per heavy atom. The van der Waals surface area contributed by atoms with E-state index in [1.54, 1.807) is 14.2 Å². The molecule has 86 valence electrons. The Kier molecular flexibility index (Phi) is 9.29. The van der Waals surface area contributed by atoms with E-state index in [9.17, 15) is 0 Å². The third kappa shape index (κ3) is 8.44. The van der Waals surface area contributed by atoms with E-state index in [4.69, 9.17) is 9.47 Å². The van der Waals surface area contributed by atoms with Crippen LogP contribution < -0.4 is 11.5 Å². The van der Waals surface area contributed by atoms with E-state index in [0.29, 0.717) is 0 Å². The first kappa shape index (κ1) is 13.8. The van der Waals surface area contributed by atoms with Gasteiger partial charge in [-0.1, -0.05) is 12.8 Å². The molecular formula is C10H26N2O2+2. The van der Waals surface area contributed by atoms with Crippen LogP contribution in [0.3, 0.4) is 0 Å². The lowest BCUT2D eigenvalue weighted by molar-refractivity contribution is -0.489. The third-order valence-corrected chi connectivity index (χ3v) is 2.47. The van der Waals surface area contributed by atoms with Crippen LogP contribution in [0, 0.1) is 0 Å². The summed E-state index contributed by atoms with van der Waals surface area (Å²) in [5, 5.41) is 0. The highest BCUT2D eigenvalue weighted by atomic mass is 16.5. The summed E-state index contributed by atoms with van der Waals surface area (Å²) < 4.78 is 10.1. The lowest BCUT2D eigenvalue weighted by Gasteiger charge is -2.07. The molecule has 2 unspecified atom stereocenters. The first-order valence-corrected chi connectivity index (χ1v) is 5.42. The summed E-state index contributed by atoms with van der Waals surface area (Å²) in [5.41, 5.74) is 7.73. The fourth-order valence-electron chi connectivity index (χ4n) is 1.33. The molecule has 4 nitrogen and oxygen atoms in total. The second kappa shape index (κ2) is 9.40. The van der Waals surface area contributed by atoms with E-state index < -0.39 is 0 Å². The summed E-state index contributed by atoms with van der Waals surface area (Å²) in [6, 6.07) is 0. The monoisotopic (exact) mass is 206 g/mol. The molecule has 0 spiro atoms. The molecule has 4 heteroatoms. The van der Waals surface area contributed by atoms with Crippen LogP contribution in [-0.2, 0) is 9.47 Å². The van der Waals surface area contributed by atoms with Gasteiger partial charge in [-0.3, -0.25) is 0 Å². The molecule has 0 amide bonds. The van der Waals surface area contributed by atoms with Crippen molar-refractivity contribution in [2.24, 2.45) is 0 Å². The van der Waals surface area contributed by atoms with Gasteiger partial charge in [0.1, 0.15) is 0 Å². The minimum absolute atomic E-state index is 0.162. The summed E-state index contributed by atoms with van der Waals surface area (Å²) in [5.74, 6) is 0. The molecule has 0 aromatic carbocycles. The summed E-state index contributed by atoms with van der Waals surface area (Å²) >= 11 is 0. The van der Waals surface area contributed by atoms with Crippen LogP contribution in [0.25, 0.3) is 0 Å². The predicted octanol–water partition coefficient (Wildman–Crippen LogP) is -0.244. The van der Waals surface area contributed by atoms with E-state index in [2.05, 4.69) is 11.5 Å². The number of unbranched alkanes of at least 4 members (excludes halogenated alkanes) is 3. The van der Waals surface area contributed by atoms with Gasteiger partial charge in [-0.2, -0.15) is 0 Å². The van der Waals surface area contributed by atoms with E-state index in [1.807, 2.05) is 0 Å². The molecule has 6 N–H and O–H groups in total. The maximum Gasteiger partial charge on any atom is 0.188 e. The van der Waals surface area contributed by atoms with Gasteiger partial charge in [0.05, 0.1) is 0 Å². The Bertz CT molecular complexity index is 109. The van der Waals surface area contributed by atoms with E-state index in [0.717, 1.165) is 12.8 Å². The molecule has 0 aliphatic rings. The van der Waals surface area contributed by atoms with Crippen molar-refractivity contribution in [1.29, 1.82) is 0 Å². The SMILES string of the molecule is COC([NH3+])CCCCCCC([NH3+])OC. The predicted molar refractivity (Wildman–Crippen MR) is 55.1 cm³/mol. The zero-order chi connectivity index (χ0) is 10.8. The average Bonchev–Trinajstić information content (AvgIpc) is 2.22. The number of ether oxygens (including phenoxy) is 2. The van der Waals surface area contributed by atoms with Gasteiger partial charge in [-0.05, 0) is 12.8 Å². The highest BCUT2D eigenvalue weighted by Crippen LogP contribution is 2.07. The number of methoxy groups -OCH3 is 2. The minimum atomic E-state index is 0.162. The summed E-state index contributed by atoms with van der Waals surface area (Å²) in [6.45, 7) is 0. The van der Waals surface area contributed by atoms with Crippen molar-refractivity contribution in [3.8, 4) is 0 Å². The van der Waals surface area contributed by atoms with Crippen molar-refractivity contribution in [3.05, 3.63) is 0 Å². The van der Waals surface area contributed by atoms with Crippen molar-refractivity contribution in [2.45, 2.75) is 51.0 Å². The first-order valence-electron chi connectivity index (χ1n) is 5.42. The zero-order valence-corrected chi connectivity index (χ0v) is 9.63. The molecule has 0 aromatic rings. The van der Waals surface area contributed by atoms with Gasteiger partial charge in [0.15, 0.2) is 12.5 Å². The van der Waals surface area contributed by atoms with Crippen LogP contribution in [0.1, 0.15) is 38.5 Å². The number of quaternary nitrogens is 2. The van der Waals surface area contributed by atoms with Crippen molar-refractivity contribution >= 4 is 0 Å². The van der Waals surface area contributed by atoms with Crippen LogP contribution >= 0.6 is 0 Å². The van der Waals surface area contributed by atoms with Gasteiger partial charge in [0.2, 0.25) is 0 Å². The standard InChI is InChI=1S/C10H24N2O2/c1-13-9(11)7-5-3-4-6-8-10(12)14-2/h9-10H,3-8,11-12H2,1-2H3/p+2. The molecule has 0 aliphatic carbocycles. The molecule has 0 saturated carbocycles. The second-order valence-electron chi connectivity index (χ2n) is 3.71. The Hall–Kier alpha value is -0.160. The molecular weight excluding hydrogens is 180 g/mol. The van der Waals surface area contributed by atoms with Gasteiger partial charge in [0, 0.05) is 27.1 Å².